The molecule has 0 radical (unpaired) electrons. The minimum atomic E-state index is -0.203. The Balaban J connectivity index is 1.49. The fraction of sp³-hybridized carbons (Fsp3) is 0.824. The zero-order valence-electron chi connectivity index (χ0n) is 14.8. The van der Waals surface area contributed by atoms with Crippen molar-refractivity contribution >= 4 is 5.91 Å². The van der Waals surface area contributed by atoms with E-state index >= 15 is 0 Å². The molecule has 2 aliphatic heterocycles. The van der Waals surface area contributed by atoms with Gasteiger partial charge in [-0.2, -0.15) is 0 Å². The van der Waals surface area contributed by atoms with E-state index in [1.165, 1.54) is 5.69 Å². The molecule has 0 aliphatic carbocycles. The number of carbonyl (C=O) groups is 1. The van der Waals surface area contributed by atoms with Crippen molar-refractivity contribution in [3.63, 3.8) is 0 Å². The number of aryl methyl sites for hydroxylation is 2. The summed E-state index contributed by atoms with van der Waals surface area (Å²) in [5.74, 6) is 0.336. The zero-order valence-corrected chi connectivity index (χ0v) is 14.8. The van der Waals surface area contributed by atoms with Crippen LogP contribution in [0.25, 0.3) is 0 Å². The molecule has 1 amide bonds. The Bertz CT molecular complexity index is 565. The fourth-order valence-electron chi connectivity index (χ4n) is 4.00. The third kappa shape index (κ3) is 3.78. The van der Waals surface area contributed by atoms with Gasteiger partial charge in [0.05, 0.1) is 23.4 Å². The highest BCUT2D eigenvalue weighted by Gasteiger charge is 2.35. The van der Waals surface area contributed by atoms with E-state index < -0.39 is 0 Å². The molecule has 1 aromatic heterocycles. The van der Waals surface area contributed by atoms with Crippen LogP contribution < -0.4 is 5.73 Å². The van der Waals surface area contributed by atoms with Crippen LogP contribution in [-0.4, -0.2) is 51.6 Å². The van der Waals surface area contributed by atoms with Crippen LogP contribution in [0.2, 0.25) is 0 Å². The molecule has 1 aromatic rings. The number of ether oxygens (including phenoxy) is 1. The Morgan fingerprint density at radius 3 is 2.75 bits per heavy atom. The number of nitrogens with two attached hydrogens (primary N) is 1. The van der Waals surface area contributed by atoms with Crippen molar-refractivity contribution in [2.24, 2.45) is 17.6 Å². The van der Waals surface area contributed by atoms with Crippen LogP contribution in [-0.2, 0) is 22.6 Å². The topological polar surface area (TPSA) is 86.3 Å². The normalized spacial score (nSPS) is 26.1. The van der Waals surface area contributed by atoms with E-state index in [-0.39, 0.29) is 17.9 Å². The van der Waals surface area contributed by atoms with Crippen LogP contribution in [0, 0.1) is 18.8 Å². The lowest BCUT2D eigenvalue weighted by Gasteiger charge is -2.33. The lowest BCUT2D eigenvalue weighted by atomic mass is 9.86. The predicted octanol–water partition coefficient (Wildman–Crippen LogP) is 1.10. The standard InChI is InChI=1S/C17H29N5O2/c1-3-22-15(12(2)19-20-22)11-21-7-4-13(5-8-21)10-16-14(17(18)23)6-9-24-16/h13-14,16H,3-11H2,1-2H3,(H2,18,23)/t14-,16-/m1/s1. The lowest BCUT2D eigenvalue weighted by molar-refractivity contribution is -0.123. The molecule has 0 saturated carbocycles. The predicted molar refractivity (Wildman–Crippen MR) is 90.1 cm³/mol. The first-order valence-electron chi connectivity index (χ1n) is 9.10. The first kappa shape index (κ1) is 17.4. The van der Waals surface area contributed by atoms with Crippen molar-refractivity contribution in [3.8, 4) is 0 Å². The van der Waals surface area contributed by atoms with Crippen LogP contribution in [0.3, 0.4) is 0 Å². The first-order chi connectivity index (χ1) is 11.6. The van der Waals surface area contributed by atoms with Gasteiger partial charge in [0, 0.05) is 19.7 Å². The lowest BCUT2D eigenvalue weighted by Crippen LogP contribution is -2.37. The highest BCUT2D eigenvalue weighted by molar-refractivity contribution is 5.77. The van der Waals surface area contributed by atoms with E-state index in [0.717, 1.165) is 57.6 Å². The van der Waals surface area contributed by atoms with Crippen molar-refractivity contribution in [2.75, 3.05) is 19.7 Å². The van der Waals surface area contributed by atoms with Crippen molar-refractivity contribution < 1.29 is 9.53 Å². The Kier molecular flexibility index (Phi) is 5.50. The number of aromatic nitrogens is 3. The molecular weight excluding hydrogens is 306 g/mol. The summed E-state index contributed by atoms with van der Waals surface area (Å²) in [6.07, 6.45) is 4.09. The molecule has 134 valence electrons. The van der Waals surface area contributed by atoms with Crippen molar-refractivity contribution in [1.29, 1.82) is 0 Å². The van der Waals surface area contributed by atoms with Gasteiger partial charge in [-0.05, 0) is 58.5 Å². The Morgan fingerprint density at radius 2 is 2.08 bits per heavy atom. The van der Waals surface area contributed by atoms with Crippen LogP contribution in [0.4, 0.5) is 0 Å². The molecule has 0 bridgehead atoms. The molecule has 2 saturated heterocycles. The summed E-state index contributed by atoms with van der Waals surface area (Å²) < 4.78 is 7.74. The molecule has 7 nitrogen and oxygen atoms in total. The molecular formula is C17H29N5O2. The van der Waals surface area contributed by atoms with Crippen molar-refractivity contribution in [1.82, 2.24) is 19.9 Å². The summed E-state index contributed by atoms with van der Waals surface area (Å²) in [5.41, 5.74) is 7.75. The molecule has 0 unspecified atom stereocenters. The van der Waals surface area contributed by atoms with E-state index in [2.05, 4.69) is 22.1 Å². The van der Waals surface area contributed by atoms with Crippen LogP contribution in [0.5, 0.6) is 0 Å². The maximum absolute atomic E-state index is 11.5. The molecule has 2 atom stereocenters. The second-order valence-corrected chi connectivity index (χ2v) is 7.10. The van der Waals surface area contributed by atoms with Crippen LogP contribution >= 0.6 is 0 Å². The Morgan fingerprint density at radius 1 is 1.33 bits per heavy atom. The SMILES string of the molecule is CCn1nnc(C)c1CN1CCC(C[C@H]2OCC[C@H]2C(N)=O)CC1. The number of likely N-dealkylation sites (tertiary alicyclic amines) is 1. The number of hydrogen-bond acceptors (Lipinski definition) is 5. The highest BCUT2D eigenvalue weighted by atomic mass is 16.5. The molecule has 2 fully saturated rings. The second-order valence-electron chi connectivity index (χ2n) is 7.10. The van der Waals surface area contributed by atoms with E-state index in [9.17, 15) is 4.79 Å². The summed E-state index contributed by atoms with van der Waals surface area (Å²) >= 11 is 0. The highest BCUT2D eigenvalue weighted by Crippen LogP contribution is 2.31. The van der Waals surface area contributed by atoms with Gasteiger partial charge in [0.2, 0.25) is 5.91 Å². The van der Waals surface area contributed by atoms with Gasteiger partial charge in [-0.15, -0.1) is 5.10 Å². The van der Waals surface area contributed by atoms with Crippen molar-refractivity contribution in [3.05, 3.63) is 11.4 Å². The Hall–Kier alpha value is -1.47. The molecule has 3 heterocycles. The summed E-state index contributed by atoms with van der Waals surface area (Å²) in [7, 11) is 0. The van der Waals surface area contributed by atoms with Crippen LogP contribution in [0.1, 0.15) is 44.0 Å². The van der Waals surface area contributed by atoms with E-state index in [1.807, 2.05) is 11.6 Å². The van der Waals surface area contributed by atoms with Gasteiger partial charge in [-0.3, -0.25) is 9.69 Å². The molecule has 0 spiro atoms. The van der Waals surface area contributed by atoms with Crippen LogP contribution in [0.15, 0.2) is 0 Å². The molecule has 2 N–H and O–H groups in total. The van der Waals surface area contributed by atoms with E-state index in [4.69, 9.17) is 10.5 Å². The Labute approximate surface area is 143 Å². The summed E-state index contributed by atoms with van der Waals surface area (Å²) in [4.78, 5) is 14.0. The minimum Gasteiger partial charge on any atom is -0.377 e. The first-order valence-corrected chi connectivity index (χ1v) is 9.10. The number of rotatable bonds is 6. The molecule has 3 rings (SSSR count). The summed E-state index contributed by atoms with van der Waals surface area (Å²) in [5, 5.41) is 8.37. The second kappa shape index (κ2) is 7.61. The van der Waals surface area contributed by atoms with Gasteiger partial charge < -0.3 is 10.5 Å². The number of hydrogen-bond donors (Lipinski definition) is 1. The third-order valence-corrected chi connectivity index (χ3v) is 5.55. The average Bonchev–Trinajstić information content (AvgIpc) is 3.17. The zero-order chi connectivity index (χ0) is 17.1. The van der Waals surface area contributed by atoms with Gasteiger partial charge >= 0.3 is 0 Å². The number of nitrogens with zero attached hydrogens (tertiary/aromatic N) is 4. The monoisotopic (exact) mass is 335 g/mol. The molecule has 0 aromatic carbocycles. The number of amides is 1. The van der Waals surface area contributed by atoms with Gasteiger partial charge in [-0.1, -0.05) is 5.21 Å². The van der Waals surface area contributed by atoms with Gasteiger partial charge in [0.1, 0.15) is 0 Å². The molecule has 7 heteroatoms. The summed E-state index contributed by atoms with van der Waals surface area (Å²) in [6.45, 7) is 8.73. The maximum Gasteiger partial charge on any atom is 0.223 e. The smallest absolute Gasteiger partial charge is 0.223 e. The largest absolute Gasteiger partial charge is 0.377 e. The average molecular weight is 335 g/mol. The minimum absolute atomic E-state index is 0.0343. The van der Waals surface area contributed by atoms with E-state index in [1.54, 1.807) is 0 Å². The summed E-state index contributed by atoms with van der Waals surface area (Å²) in [6, 6.07) is 0. The van der Waals surface area contributed by atoms with Gasteiger partial charge in [0.15, 0.2) is 0 Å². The maximum atomic E-state index is 11.5. The van der Waals surface area contributed by atoms with Gasteiger partial charge in [0.25, 0.3) is 0 Å². The third-order valence-electron chi connectivity index (χ3n) is 5.55. The van der Waals surface area contributed by atoms with Crippen molar-refractivity contribution in [2.45, 2.75) is 58.7 Å². The number of primary amides is 1. The number of piperidine rings is 1. The van der Waals surface area contributed by atoms with E-state index in [0.29, 0.717) is 12.5 Å². The van der Waals surface area contributed by atoms with Gasteiger partial charge in [-0.25, -0.2) is 4.68 Å². The fourth-order valence-corrected chi connectivity index (χ4v) is 4.00. The molecule has 24 heavy (non-hydrogen) atoms. The number of carbonyl (C=O) groups excluding carboxylic acids is 1. The molecule has 2 aliphatic rings. The quantitative estimate of drug-likeness (QED) is 0.841.